The number of aryl methyl sites for hydroxylation is 2. The van der Waals surface area contributed by atoms with E-state index in [0.717, 1.165) is 11.8 Å². The van der Waals surface area contributed by atoms with E-state index < -0.39 is 0 Å². The van der Waals surface area contributed by atoms with Gasteiger partial charge in [-0.25, -0.2) is 0 Å². The average molecular weight is 554 g/mol. The highest BCUT2D eigenvalue weighted by atomic mass is 14.9. The van der Waals surface area contributed by atoms with Gasteiger partial charge in [-0.2, -0.15) is 0 Å². The van der Waals surface area contributed by atoms with Crippen LogP contribution in [-0.4, -0.2) is 13.1 Å². The summed E-state index contributed by atoms with van der Waals surface area (Å²) in [5.41, 5.74) is 11.1. The molecule has 6 rings (SSSR count). The Morgan fingerprint density at radius 3 is 1.44 bits per heavy atom. The van der Waals surface area contributed by atoms with Crippen LogP contribution in [0.15, 0.2) is 36.4 Å². The Morgan fingerprint density at radius 1 is 0.634 bits per heavy atom. The van der Waals surface area contributed by atoms with Gasteiger partial charge < -0.3 is 5.32 Å². The lowest BCUT2D eigenvalue weighted by Crippen LogP contribution is -2.55. The van der Waals surface area contributed by atoms with Gasteiger partial charge in [0.2, 0.25) is 0 Å². The lowest BCUT2D eigenvalue weighted by Gasteiger charge is -2.57. The molecule has 0 heterocycles. The first-order valence-corrected chi connectivity index (χ1v) is 17.4. The fourth-order valence-electron chi connectivity index (χ4n) is 11.1. The van der Waals surface area contributed by atoms with Gasteiger partial charge in [-0.15, -0.1) is 0 Å². The quantitative estimate of drug-likeness (QED) is 0.375. The van der Waals surface area contributed by atoms with E-state index in [2.05, 4.69) is 97.1 Å². The van der Waals surface area contributed by atoms with E-state index in [0.29, 0.717) is 33.5 Å². The predicted octanol–water partition coefficient (Wildman–Crippen LogP) is 10.2. The predicted molar refractivity (Wildman–Crippen MR) is 176 cm³/mol. The van der Waals surface area contributed by atoms with E-state index in [1.807, 2.05) is 0 Å². The molecule has 1 N–H and O–H groups in total. The van der Waals surface area contributed by atoms with Gasteiger partial charge >= 0.3 is 0 Å². The molecule has 41 heavy (non-hydrogen) atoms. The van der Waals surface area contributed by atoms with E-state index in [4.69, 9.17) is 0 Å². The number of rotatable bonds is 6. The van der Waals surface area contributed by atoms with Gasteiger partial charge in [0.1, 0.15) is 0 Å². The molecule has 1 heteroatoms. The lowest BCUT2D eigenvalue weighted by atomic mass is 9.49. The van der Waals surface area contributed by atoms with E-state index in [9.17, 15) is 0 Å². The standard InChI is InChI=1S/C40H59N/c1-27(2)29-11-15-33-31(23-29)13-17-35-37(5,19-9-21-39(33,35)7)25-41-26-38(6)20-10-22-40(8)34-16-12-30(28(3)4)24-32(34)14-18-36(38)40/h11-12,15-16,23-24,27-28,35-36,41H,9-10,13-14,17-22,25-26H2,1-8H3/t35-,36-,37+,38+,39+,40+/m0/s1. The van der Waals surface area contributed by atoms with Crippen molar-refractivity contribution < 1.29 is 0 Å². The van der Waals surface area contributed by atoms with Gasteiger partial charge in [-0.05, 0) is 130 Å². The van der Waals surface area contributed by atoms with Crippen molar-refractivity contribution in [2.24, 2.45) is 22.7 Å². The SMILES string of the molecule is CC(C)c1ccc2c(c1)CC[C@H]1[C@@](C)(CNC[C@@]3(C)CCC[C@]4(C)c5ccc(C(C)C)cc5CC[C@@H]34)CCC[C@]21C. The highest BCUT2D eigenvalue weighted by molar-refractivity contribution is 5.43. The van der Waals surface area contributed by atoms with Gasteiger partial charge in [0.25, 0.3) is 0 Å². The van der Waals surface area contributed by atoms with Crippen molar-refractivity contribution in [3.8, 4) is 0 Å². The molecule has 1 nitrogen and oxygen atoms in total. The molecule has 0 amide bonds. The van der Waals surface area contributed by atoms with Crippen LogP contribution in [0.5, 0.6) is 0 Å². The third-order valence-electron chi connectivity index (χ3n) is 13.4. The molecule has 0 bridgehead atoms. The molecule has 4 aliphatic rings. The number of fused-ring (bicyclic) bond motifs is 6. The van der Waals surface area contributed by atoms with Crippen molar-refractivity contribution in [1.29, 1.82) is 0 Å². The second-order valence-corrected chi connectivity index (χ2v) is 16.8. The molecule has 224 valence electrons. The van der Waals surface area contributed by atoms with Crippen LogP contribution >= 0.6 is 0 Å². The second kappa shape index (κ2) is 10.5. The highest BCUT2D eigenvalue weighted by Gasteiger charge is 2.53. The molecule has 2 fully saturated rings. The minimum Gasteiger partial charge on any atom is -0.316 e. The summed E-state index contributed by atoms with van der Waals surface area (Å²) in [6.07, 6.45) is 13.4. The Bertz CT molecular complexity index is 1170. The summed E-state index contributed by atoms with van der Waals surface area (Å²) >= 11 is 0. The summed E-state index contributed by atoms with van der Waals surface area (Å²) in [5, 5.41) is 4.20. The first-order valence-electron chi connectivity index (χ1n) is 17.4. The third kappa shape index (κ3) is 4.85. The van der Waals surface area contributed by atoms with Crippen molar-refractivity contribution in [3.05, 3.63) is 69.8 Å². The maximum atomic E-state index is 4.20. The van der Waals surface area contributed by atoms with Crippen molar-refractivity contribution >= 4 is 0 Å². The zero-order valence-corrected chi connectivity index (χ0v) is 27.8. The van der Waals surface area contributed by atoms with E-state index in [1.54, 1.807) is 22.3 Å². The van der Waals surface area contributed by atoms with Crippen LogP contribution in [0.1, 0.15) is 152 Å². The number of hydrogen-bond acceptors (Lipinski definition) is 1. The van der Waals surface area contributed by atoms with Crippen LogP contribution < -0.4 is 5.32 Å². The second-order valence-electron chi connectivity index (χ2n) is 16.8. The first kappa shape index (κ1) is 29.5. The molecule has 0 aromatic heterocycles. The summed E-state index contributed by atoms with van der Waals surface area (Å²) in [5.74, 6) is 2.78. The number of benzene rings is 2. The van der Waals surface area contributed by atoms with Gasteiger partial charge in [0, 0.05) is 13.1 Å². The van der Waals surface area contributed by atoms with Crippen LogP contribution in [-0.2, 0) is 23.7 Å². The molecule has 2 saturated carbocycles. The molecule has 0 spiro atoms. The molecular formula is C40H59N. The maximum Gasteiger partial charge on any atom is 0.000837 e. The monoisotopic (exact) mass is 553 g/mol. The van der Waals surface area contributed by atoms with Crippen molar-refractivity contribution in [2.45, 2.75) is 142 Å². The van der Waals surface area contributed by atoms with E-state index in [-0.39, 0.29) is 0 Å². The first-order chi connectivity index (χ1) is 19.4. The minimum absolute atomic E-state index is 0.326. The molecule has 4 aliphatic carbocycles. The van der Waals surface area contributed by atoms with Crippen LogP contribution in [0.2, 0.25) is 0 Å². The Hall–Kier alpha value is -1.60. The Morgan fingerprint density at radius 2 is 1.05 bits per heavy atom. The van der Waals surface area contributed by atoms with E-state index >= 15 is 0 Å². The summed E-state index contributed by atoms with van der Waals surface area (Å²) in [6, 6.07) is 15.1. The molecular weight excluding hydrogens is 494 g/mol. The number of hydrogen-bond donors (Lipinski definition) is 1. The normalized spacial score (nSPS) is 36.4. The smallest absolute Gasteiger partial charge is 0.000837 e. The lowest BCUT2D eigenvalue weighted by molar-refractivity contribution is 0.00559. The number of nitrogens with one attached hydrogen (secondary N) is 1. The van der Waals surface area contributed by atoms with Gasteiger partial charge in [-0.1, -0.05) is 105 Å². The molecule has 6 atom stereocenters. The Labute approximate surface area is 252 Å². The fourth-order valence-corrected chi connectivity index (χ4v) is 11.1. The zero-order chi connectivity index (χ0) is 29.2. The molecule has 2 aromatic rings. The maximum absolute atomic E-state index is 4.20. The van der Waals surface area contributed by atoms with Gasteiger partial charge in [0.15, 0.2) is 0 Å². The Kier molecular flexibility index (Phi) is 7.57. The van der Waals surface area contributed by atoms with Gasteiger partial charge in [-0.3, -0.25) is 0 Å². The van der Waals surface area contributed by atoms with Gasteiger partial charge in [0.05, 0.1) is 0 Å². The van der Waals surface area contributed by atoms with Crippen LogP contribution in [0.25, 0.3) is 0 Å². The average Bonchev–Trinajstić information content (AvgIpc) is 2.92. The largest absolute Gasteiger partial charge is 0.316 e. The van der Waals surface area contributed by atoms with Crippen molar-refractivity contribution in [1.82, 2.24) is 5.32 Å². The van der Waals surface area contributed by atoms with Crippen LogP contribution in [0.3, 0.4) is 0 Å². The van der Waals surface area contributed by atoms with Crippen molar-refractivity contribution in [2.75, 3.05) is 13.1 Å². The van der Waals surface area contributed by atoms with E-state index in [1.165, 1.54) is 88.4 Å². The minimum atomic E-state index is 0.326. The topological polar surface area (TPSA) is 12.0 Å². The van der Waals surface area contributed by atoms with Crippen molar-refractivity contribution in [3.63, 3.8) is 0 Å². The highest BCUT2D eigenvalue weighted by Crippen LogP contribution is 2.59. The molecule has 0 aliphatic heterocycles. The molecule has 0 unspecified atom stereocenters. The molecule has 0 radical (unpaired) electrons. The third-order valence-corrected chi connectivity index (χ3v) is 13.4. The molecule has 2 aromatic carbocycles. The van der Waals surface area contributed by atoms with Crippen LogP contribution in [0.4, 0.5) is 0 Å². The van der Waals surface area contributed by atoms with Crippen LogP contribution in [0, 0.1) is 22.7 Å². The summed E-state index contributed by atoms with van der Waals surface area (Å²) in [4.78, 5) is 0. The fraction of sp³-hybridized carbons (Fsp3) is 0.700. The Balaban J connectivity index is 1.18. The summed E-state index contributed by atoms with van der Waals surface area (Å²) in [7, 11) is 0. The summed E-state index contributed by atoms with van der Waals surface area (Å²) < 4.78 is 0. The molecule has 0 saturated heterocycles. The summed E-state index contributed by atoms with van der Waals surface area (Å²) in [6.45, 7) is 22.2. The zero-order valence-electron chi connectivity index (χ0n) is 27.8.